The molecule has 0 radical (unpaired) electrons. The summed E-state index contributed by atoms with van der Waals surface area (Å²) in [4.78, 5) is 39.5. The number of nitrogens with zero attached hydrogens (tertiary/aromatic N) is 3. The van der Waals surface area contributed by atoms with Gasteiger partial charge in [-0.1, -0.05) is 18.2 Å². The second-order valence-corrected chi connectivity index (χ2v) is 10.1. The van der Waals surface area contributed by atoms with Crippen LogP contribution in [0, 0.1) is 0 Å². The van der Waals surface area contributed by atoms with E-state index in [2.05, 4.69) is 33.1 Å². The van der Waals surface area contributed by atoms with Gasteiger partial charge in [-0.05, 0) is 55.7 Å². The molecule has 1 amide bonds. The second-order valence-electron chi connectivity index (χ2n) is 8.98. The molecule has 3 heterocycles. The number of thiophene rings is 1. The molecular weight excluding hydrogens is 420 g/mol. The van der Waals surface area contributed by atoms with Gasteiger partial charge in [-0.3, -0.25) is 9.59 Å². The Labute approximate surface area is 192 Å². The maximum atomic E-state index is 12.9. The van der Waals surface area contributed by atoms with E-state index in [1.165, 1.54) is 41.0 Å². The Morgan fingerprint density at radius 1 is 1.16 bits per heavy atom. The molecule has 3 aromatic rings. The molecule has 5 rings (SSSR count). The summed E-state index contributed by atoms with van der Waals surface area (Å²) in [7, 11) is 1.86. The van der Waals surface area contributed by atoms with Crippen molar-refractivity contribution in [3.05, 3.63) is 56.4 Å². The van der Waals surface area contributed by atoms with Gasteiger partial charge in [0.25, 0.3) is 5.56 Å². The summed E-state index contributed by atoms with van der Waals surface area (Å²) in [6.07, 6.45) is 7.69. The fourth-order valence-corrected chi connectivity index (χ4v) is 6.29. The standard InChI is InChI=1S/C25H30N4O2S/c1-28(16-17-8-3-4-10-19(17)29-14-5-2-6-15-29)22(30)13-12-21-26-24(31)23-18-9-7-11-20(18)32-25(23)27-21/h3-4,8,10H,2,5-7,9,11-16H2,1H3,(H,26,27,31). The number of benzene rings is 1. The van der Waals surface area contributed by atoms with Gasteiger partial charge >= 0.3 is 0 Å². The lowest BCUT2D eigenvalue weighted by molar-refractivity contribution is -0.130. The summed E-state index contributed by atoms with van der Waals surface area (Å²) in [5.74, 6) is 0.674. The average molecular weight is 451 g/mol. The molecule has 0 saturated carbocycles. The summed E-state index contributed by atoms with van der Waals surface area (Å²) in [6, 6.07) is 8.41. The minimum absolute atomic E-state index is 0.0549. The highest BCUT2D eigenvalue weighted by Crippen LogP contribution is 2.34. The van der Waals surface area contributed by atoms with Gasteiger partial charge in [0.1, 0.15) is 10.7 Å². The van der Waals surface area contributed by atoms with Crippen molar-refractivity contribution < 1.29 is 4.79 Å². The van der Waals surface area contributed by atoms with Gasteiger partial charge in [0.15, 0.2) is 0 Å². The predicted molar refractivity (Wildman–Crippen MR) is 130 cm³/mol. The van der Waals surface area contributed by atoms with E-state index in [9.17, 15) is 9.59 Å². The first kappa shape index (κ1) is 21.2. The minimum Gasteiger partial charge on any atom is -0.371 e. The van der Waals surface area contributed by atoms with Crippen LogP contribution in [0.5, 0.6) is 0 Å². The summed E-state index contributed by atoms with van der Waals surface area (Å²) < 4.78 is 0. The normalized spacial score (nSPS) is 15.8. The maximum Gasteiger partial charge on any atom is 0.259 e. The van der Waals surface area contributed by atoms with Crippen LogP contribution in [0.25, 0.3) is 10.2 Å². The molecule has 1 fully saturated rings. The van der Waals surface area contributed by atoms with E-state index < -0.39 is 0 Å². The summed E-state index contributed by atoms with van der Waals surface area (Å²) in [5.41, 5.74) is 3.56. The number of H-pyrrole nitrogens is 1. The van der Waals surface area contributed by atoms with Gasteiger partial charge in [-0.2, -0.15) is 0 Å². The van der Waals surface area contributed by atoms with Crippen LogP contribution in [-0.4, -0.2) is 40.9 Å². The van der Waals surface area contributed by atoms with Crippen LogP contribution in [-0.2, 0) is 30.6 Å². The summed E-state index contributed by atoms with van der Waals surface area (Å²) >= 11 is 1.64. The number of fused-ring (bicyclic) bond motifs is 3. The third kappa shape index (κ3) is 4.18. The lowest BCUT2D eigenvalue weighted by atomic mass is 10.1. The van der Waals surface area contributed by atoms with Gasteiger partial charge < -0.3 is 14.8 Å². The number of anilines is 1. The molecule has 6 nitrogen and oxygen atoms in total. The van der Waals surface area contributed by atoms with Crippen LogP contribution >= 0.6 is 11.3 Å². The number of aromatic nitrogens is 2. The monoisotopic (exact) mass is 450 g/mol. The third-order valence-corrected chi connectivity index (χ3v) is 7.91. The van der Waals surface area contributed by atoms with E-state index in [1.54, 1.807) is 16.2 Å². The van der Waals surface area contributed by atoms with Crippen LogP contribution in [0.1, 0.15) is 53.9 Å². The van der Waals surface area contributed by atoms with Gasteiger partial charge in [-0.15, -0.1) is 11.3 Å². The number of nitrogens with one attached hydrogen (secondary N) is 1. The number of piperidine rings is 1. The Morgan fingerprint density at radius 2 is 1.97 bits per heavy atom. The highest BCUT2D eigenvalue weighted by atomic mass is 32.1. The first-order chi connectivity index (χ1) is 15.6. The van der Waals surface area contributed by atoms with Crippen LogP contribution in [0.15, 0.2) is 29.1 Å². The molecule has 0 atom stereocenters. The first-order valence-corrected chi connectivity index (χ1v) is 12.5. The molecule has 1 aliphatic heterocycles. The molecule has 2 aliphatic rings. The minimum atomic E-state index is -0.0549. The predicted octanol–water partition coefficient (Wildman–Crippen LogP) is 4.05. The summed E-state index contributed by atoms with van der Waals surface area (Å²) in [5, 5.41) is 0.768. The van der Waals surface area contributed by atoms with Gasteiger partial charge in [0, 0.05) is 50.1 Å². The molecule has 1 N–H and O–H groups in total. The van der Waals surface area contributed by atoms with Crippen molar-refractivity contribution in [3.63, 3.8) is 0 Å². The fourth-order valence-electron chi connectivity index (χ4n) is 5.01. The zero-order chi connectivity index (χ0) is 22.1. The van der Waals surface area contributed by atoms with Crippen LogP contribution in [0.2, 0.25) is 0 Å². The van der Waals surface area contributed by atoms with Gasteiger partial charge in [0.2, 0.25) is 5.91 Å². The topological polar surface area (TPSA) is 69.3 Å². The Morgan fingerprint density at radius 3 is 2.81 bits per heavy atom. The maximum absolute atomic E-state index is 12.9. The zero-order valence-electron chi connectivity index (χ0n) is 18.7. The number of para-hydroxylation sites is 1. The van der Waals surface area contributed by atoms with Gasteiger partial charge in [-0.25, -0.2) is 4.98 Å². The largest absolute Gasteiger partial charge is 0.371 e. The second kappa shape index (κ2) is 9.06. The number of aromatic amines is 1. The molecule has 0 unspecified atom stereocenters. The average Bonchev–Trinajstić information content (AvgIpc) is 3.39. The Bertz CT molecular complexity index is 1190. The van der Waals surface area contributed by atoms with Crippen molar-refractivity contribution in [2.75, 3.05) is 25.0 Å². The molecular formula is C25H30N4O2S. The number of rotatable bonds is 6. The van der Waals surface area contributed by atoms with E-state index in [4.69, 9.17) is 0 Å². The molecule has 168 valence electrons. The number of amides is 1. The molecule has 7 heteroatoms. The lowest BCUT2D eigenvalue weighted by Gasteiger charge is -2.31. The molecule has 32 heavy (non-hydrogen) atoms. The van der Waals surface area contributed by atoms with Crippen molar-refractivity contribution in [1.29, 1.82) is 0 Å². The molecule has 0 bridgehead atoms. The SMILES string of the molecule is CN(Cc1ccccc1N1CCCCC1)C(=O)CCc1nc2sc3c(c2c(=O)[nH]1)CCC3. The molecule has 1 aromatic carbocycles. The quantitative estimate of drug-likeness (QED) is 0.615. The number of hydrogen-bond donors (Lipinski definition) is 1. The van der Waals surface area contributed by atoms with Crippen molar-refractivity contribution in [2.24, 2.45) is 0 Å². The molecule has 1 saturated heterocycles. The van der Waals surface area contributed by atoms with E-state index in [0.29, 0.717) is 25.2 Å². The van der Waals surface area contributed by atoms with Crippen molar-refractivity contribution in [1.82, 2.24) is 14.9 Å². The summed E-state index contributed by atoms with van der Waals surface area (Å²) in [6.45, 7) is 2.76. The fraction of sp³-hybridized carbons (Fsp3) is 0.480. The van der Waals surface area contributed by atoms with Gasteiger partial charge in [0.05, 0.1) is 5.39 Å². The van der Waals surface area contributed by atoms with E-state index in [1.807, 2.05) is 13.1 Å². The number of hydrogen-bond acceptors (Lipinski definition) is 5. The number of aryl methyl sites for hydroxylation is 3. The third-order valence-electron chi connectivity index (χ3n) is 6.72. The lowest BCUT2D eigenvalue weighted by Crippen LogP contribution is -2.32. The Kier molecular flexibility index (Phi) is 6.00. The van der Waals surface area contributed by atoms with E-state index >= 15 is 0 Å². The Balaban J connectivity index is 1.25. The molecule has 1 aliphatic carbocycles. The van der Waals surface area contributed by atoms with E-state index in [0.717, 1.165) is 42.6 Å². The number of carbonyl (C=O) groups excluding carboxylic acids is 1. The smallest absolute Gasteiger partial charge is 0.259 e. The van der Waals surface area contributed by atoms with Crippen molar-refractivity contribution >= 4 is 33.1 Å². The highest BCUT2D eigenvalue weighted by Gasteiger charge is 2.22. The Hall–Kier alpha value is -2.67. The first-order valence-electron chi connectivity index (χ1n) is 11.7. The highest BCUT2D eigenvalue weighted by molar-refractivity contribution is 7.18. The molecule has 0 spiro atoms. The zero-order valence-corrected chi connectivity index (χ0v) is 19.5. The van der Waals surface area contributed by atoms with E-state index in [-0.39, 0.29) is 11.5 Å². The van der Waals surface area contributed by atoms with Crippen LogP contribution in [0.4, 0.5) is 5.69 Å². The van der Waals surface area contributed by atoms with Crippen LogP contribution in [0.3, 0.4) is 0 Å². The van der Waals surface area contributed by atoms with Crippen LogP contribution < -0.4 is 10.5 Å². The molecule has 2 aromatic heterocycles. The number of carbonyl (C=O) groups is 1. The van der Waals surface area contributed by atoms with Crippen molar-refractivity contribution in [3.8, 4) is 0 Å². The van der Waals surface area contributed by atoms with Crippen molar-refractivity contribution in [2.45, 2.75) is 57.9 Å².